The highest BCUT2D eigenvalue weighted by Crippen LogP contribution is 2.30. The molecule has 2 rings (SSSR count). The molecule has 1 fully saturated rings. The Morgan fingerprint density at radius 3 is 3.00 bits per heavy atom. The van der Waals surface area contributed by atoms with Gasteiger partial charge in [-0.25, -0.2) is 0 Å². The molecule has 0 saturated heterocycles. The summed E-state index contributed by atoms with van der Waals surface area (Å²) in [5.41, 5.74) is 1.18. The highest BCUT2D eigenvalue weighted by molar-refractivity contribution is 5.02. The predicted molar refractivity (Wildman–Crippen MR) is 33.2 cm³/mol. The zero-order valence-corrected chi connectivity index (χ0v) is 5.41. The molecule has 0 spiro atoms. The van der Waals surface area contributed by atoms with Crippen LogP contribution >= 0.6 is 0 Å². The number of nitrogens with zero attached hydrogens (tertiary/aromatic N) is 3. The topological polar surface area (TPSA) is 29.7 Å². The minimum atomic E-state index is 0.674. The number of allylic oxidation sites excluding steroid dienone is 1. The lowest BCUT2D eigenvalue weighted by molar-refractivity contribution is 0.345. The fraction of sp³-hybridized carbons (Fsp3) is 0.667. The van der Waals surface area contributed by atoms with E-state index < -0.39 is 0 Å². The summed E-state index contributed by atoms with van der Waals surface area (Å²) < 4.78 is 0. The summed E-state index contributed by atoms with van der Waals surface area (Å²) in [6, 6.07) is 0.674. The minimum absolute atomic E-state index is 0.674. The molecule has 0 aromatic rings. The second-order valence-corrected chi connectivity index (χ2v) is 2.55. The van der Waals surface area contributed by atoms with E-state index in [2.05, 4.69) is 10.3 Å². The van der Waals surface area contributed by atoms with Crippen molar-refractivity contribution in [2.24, 2.45) is 5.22 Å². The van der Waals surface area contributed by atoms with Gasteiger partial charge in [0.25, 0.3) is 0 Å². The molecule has 0 N–H and O–H groups in total. The Morgan fingerprint density at radius 1 is 1.78 bits per heavy atom. The molecule has 3 heteroatoms. The van der Waals surface area contributed by atoms with Gasteiger partial charge in [0.1, 0.15) is 11.3 Å². The summed E-state index contributed by atoms with van der Waals surface area (Å²) in [6.45, 7) is 2.04. The number of hydrogen-bond acceptors (Lipinski definition) is 3. The maximum Gasteiger partial charge on any atom is 0.211 e. The van der Waals surface area contributed by atoms with E-state index in [1.54, 1.807) is 6.20 Å². The van der Waals surface area contributed by atoms with Crippen LogP contribution in [-0.2, 0) is 0 Å². The van der Waals surface area contributed by atoms with Crippen LogP contribution in [0.15, 0.2) is 17.1 Å². The fourth-order valence-electron chi connectivity index (χ4n) is 0.975. The highest BCUT2D eigenvalue weighted by Gasteiger charge is 2.38. The lowest BCUT2D eigenvalue weighted by Gasteiger charge is -1.99. The van der Waals surface area contributed by atoms with Crippen molar-refractivity contribution in [3.05, 3.63) is 11.9 Å². The molecule has 1 saturated carbocycles. The molecule has 0 amide bonds. The van der Waals surface area contributed by atoms with Gasteiger partial charge in [0, 0.05) is 6.92 Å². The molecule has 1 aliphatic heterocycles. The molecular weight excluding hydrogens is 114 g/mol. The van der Waals surface area contributed by atoms with Crippen molar-refractivity contribution in [1.29, 1.82) is 0 Å². The Morgan fingerprint density at radius 2 is 2.56 bits per heavy atom. The van der Waals surface area contributed by atoms with E-state index in [0.717, 1.165) is 0 Å². The van der Waals surface area contributed by atoms with Crippen molar-refractivity contribution in [2.45, 2.75) is 25.8 Å². The molecule has 0 atom stereocenters. The molecule has 1 radical (unpaired) electrons. The molecule has 3 nitrogen and oxygen atoms in total. The van der Waals surface area contributed by atoms with E-state index in [0.29, 0.717) is 6.04 Å². The summed E-state index contributed by atoms with van der Waals surface area (Å²) in [7, 11) is 0. The number of rotatable bonds is 1. The van der Waals surface area contributed by atoms with E-state index in [4.69, 9.17) is 0 Å². The van der Waals surface area contributed by atoms with Crippen LogP contribution in [0, 0.1) is 0 Å². The van der Waals surface area contributed by atoms with E-state index in [-0.39, 0.29) is 0 Å². The van der Waals surface area contributed by atoms with E-state index in [9.17, 15) is 0 Å². The summed E-state index contributed by atoms with van der Waals surface area (Å²) in [6.07, 6.45) is 4.37. The van der Waals surface area contributed by atoms with Crippen molar-refractivity contribution in [3.63, 3.8) is 0 Å². The second kappa shape index (κ2) is 1.56. The third-order valence-electron chi connectivity index (χ3n) is 1.65. The van der Waals surface area contributed by atoms with Gasteiger partial charge in [0.05, 0.1) is 5.11 Å². The first kappa shape index (κ1) is 4.97. The molecule has 0 aromatic carbocycles. The Kier molecular flexibility index (Phi) is 0.860. The van der Waals surface area contributed by atoms with Crippen molar-refractivity contribution in [3.8, 4) is 0 Å². The van der Waals surface area contributed by atoms with Crippen LogP contribution in [0.1, 0.15) is 19.8 Å². The molecule has 47 valence electrons. The zero-order valence-electron chi connectivity index (χ0n) is 5.41. The first-order valence-electron chi connectivity index (χ1n) is 3.25. The molecule has 9 heavy (non-hydrogen) atoms. The lowest BCUT2D eigenvalue weighted by Crippen LogP contribution is -2.13. The predicted octanol–water partition coefficient (Wildman–Crippen LogP) is 1.03. The second-order valence-electron chi connectivity index (χ2n) is 2.55. The standard InChI is InChI=1S/C6H9N3/c1-5-4-7-8-9(5)6-2-3-6/h4,6H,2-3H2,1H3/q+1. The third kappa shape index (κ3) is 0.724. The van der Waals surface area contributed by atoms with Gasteiger partial charge in [-0.2, -0.15) is 0 Å². The van der Waals surface area contributed by atoms with Gasteiger partial charge in [-0.05, 0) is 12.8 Å². The van der Waals surface area contributed by atoms with Crippen molar-refractivity contribution >= 4 is 0 Å². The molecule has 1 aliphatic carbocycles. The quantitative estimate of drug-likeness (QED) is 0.512. The Balaban J connectivity index is 2.11. The zero-order chi connectivity index (χ0) is 6.27. The van der Waals surface area contributed by atoms with Gasteiger partial charge in [-0.15, -0.1) is 5.01 Å². The molecular formula is C6H9N3+. The lowest BCUT2D eigenvalue weighted by atomic mass is 10.5. The highest BCUT2D eigenvalue weighted by atomic mass is 15.6. The van der Waals surface area contributed by atoms with Crippen molar-refractivity contribution in [1.82, 2.24) is 10.1 Å². The van der Waals surface area contributed by atoms with Gasteiger partial charge in [0.15, 0.2) is 5.70 Å². The summed E-state index contributed by atoms with van der Waals surface area (Å²) in [4.78, 5) is 0. The summed E-state index contributed by atoms with van der Waals surface area (Å²) in [5.74, 6) is 0. The summed E-state index contributed by atoms with van der Waals surface area (Å²) in [5, 5.41) is 9.74. The van der Waals surface area contributed by atoms with E-state index in [1.807, 2.05) is 11.9 Å². The Hall–Kier alpha value is -0.860. The average molecular weight is 123 g/mol. The van der Waals surface area contributed by atoms with Crippen LogP contribution in [0.4, 0.5) is 0 Å². The van der Waals surface area contributed by atoms with E-state index in [1.165, 1.54) is 18.5 Å². The van der Waals surface area contributed by atoms with Gasteiger partial charge >= 0.3 is 0 Å². The molecule has 0 unspecified atom stereocenters. The van der Waals surface area contributed by atoms with Gasteiger partial charge in [-0.1, -0.05) is 0 Å². The Bertz CT molecular complexity index is 179. The third-order valence-corrected chi connectivity index (χ3v) is 1.65. The maximum absolute atomic E-state index is 3.94. The van der Waals surface area contributed by atoms with Gasteiger partial charge in [-0.3, -0.25) is 0 Å². The van der Waals surface area contributed by atoms with Crippen LogP contribution in [0.25, 0.3) is 0 Å². The first-order chi connectivity index (χ1) is 4.38. The average Bonchev–Trinajstić information content (AvgIpc) is 2.58. The molecule has 1 heterocycles. The molecule has 0 bridgehead atoms. The van der Waals surface area contributed by atoms with Crippen LogP contribution in [0.2, 0.25) is 0 Å². The molecule has 2 aliphatic rings. The SMILES string of the molecule is CC1=C[N+]=NN1C1CC1. The van der Waals surface area contributed by atoms with Crippen molar-refractivity contribution in [2.75, 3.05) is 0 Å². The maximum atomic E-state index is 3.94. The monoisotopic (exact) mass is 123 g/mol. The molecule has 0 aromatic heterocycles. The van der Waals surface area contributed by atoms with Crippen LogP contribution < -0.4 is 5.11 Å². The van der Waals surface area contributed by atoms with Gasteiger partial charge < -0.3 is 0 Å². The van der Waals surface area contributed by atoms with Crippen LogP contribution in [0.3, 0.4) is 0 Å². The Labute approximate surface area is 54.0 Å². The van der Waals surface area contributed by atoms with E-state index >= 15 is 0 Å². The van der Waals surface area contributed by atoms with Crippen molar-refractivity contribution < 1.29 is 0 Å². The van der Waals surface area contributed by atoms with Crippen LogP contribution in [-0.4, -0.2) is 11.1 Å². The number of hydrogen-bond donors (Lipinski definition) is 0. The first-order valence-corrected chi connectivity index (χ1v) is 3.25. The normalized spacial score (nSPS) is 25.0. The summed E-state index contributed by atoms with van der Waals surface area (Å²) >= 11 is 0. The minimum Gasteiger partial charge on any atom is -0.128 e. The smallest absolute Gasteiger partial charge is 0.128 e. The van der Waals surface area contributed by atoms with Gasteiger partial charge in [0.2, 0.25) is 6.20 Å². The van der Waals surface area contributed by atoms with Crippen LogP contribution in [0.5, 0.6) is 0 Å². The fourth-order valence-corrected chi connectivity index (χ4v) is 0.975. The largest absolute Gasteiger partial charge is 0.211 e.